The second-order valence-electron chi connectivity index (χ2n) is 6.33. The summed E-state index contributed by atoms with van der Waals surface area (Å²) in [6, 6.07) is 0.620. The molecule has 3 atom stereocenters. The molecule has 2 fully saturated rings. The fourth-order valence-corrected chi connectivity index (χ4v) is 3.48. The Morgan fingerprint density at radius 1 is 1.48 bits per heavy atom. The second kappa shape index (κ2) is 5.94. The van der Waals surface area contributed by atoms with Gasteiger partial charge in [-0.2, -0.15) is 5.10 Å². The van der Waals surface area contributed by atoms with Gasteiger partial charge >= 0.3 is 0 Å². The summed E-state index contributed by atoms with van der Waals surface area (Å²) in [6.45, 7) is 7.05. The Hall–Kier alpha value is -1.11. The third kappa shape index (κ3) is 2.67. The molecule has 1 aromatic heterocycles. The molecule has 0 saturated carbocycles. The number of rotatable bonds is 4. The largest absolute Gasteiger partial charge is 0.493 e. The normalized spacial score (nSPS) is 27.9. The van der Waals surface area contributed by atoms with E-state index >= 15 is 0 Å². The van der Waals surface area contributed by atoms with Gasteiger partial charge in [0.15, 0.2) is 5.75 Å². The number of morpholine rings is 1. The molecule has 6 nitrogen and oxygen atoms in total. The maximum Gasteiger partial charge on any atom is 0.161 e. The van der Waals surface area contributed by atoms with Gasteiger partial charge in [0.2, 0.25) is 0 Å². The molecule has 1 aromatic rings. The topological polar surface area (TPSA) is 65.5 Å². The average Bonchev–Trinajstić information content (AvgIpc) is 3.11. The zero-order chi connectivity index (χ0) is 15.0. The SMILES string of the molecule is COc1cnn(C(C)C)c1C(N)C1CN2CCCC2CO1. The average molecular weight is 294 g/mol. The monoisotopic (exact) mass is 294 g/mol. The van der Waals surface area contributed by atoms with E-state index in [1.165, 1.54) is 12.8 Å². The first-order valence-corrected chi connectivity index (χ1v) is 7.84. The van der Waals surface area contributed by atoms with Crippen LogP contribution in [0, 0.1) is 0 Å². The molecule has 2 aliphatic rings. The van der Waals surface area contributed by atoms with E-state index in [1.54, 1.807) is 13.3 Å². The van der Waals surface area contributed by atoms with E-state index in [1.807, 2.05) is 4.68 Å². The molecule has 6 heteroatoms. The van der Waals surface area contributed by atoms with E-state index in [4.69, 9.17) is 15.2 Å². The first-order chi connectivity index (χ1) is 10.1. The Morgan fingerprint density at radius 3 is 3.00 bits per heavy atom. The highest BCUT2D eigenvalue weighted by molar-refractivity contribution is 5.29. The van der Waals surface area contributed by atoms with Gasteiger partial charge in [-0.3, -0.25) is 9.58 Å². The lowest BCUT2D eigenvalue weighted by atomic mass is 10.0. The first-order valence-electron chi connectivity index (χ1n) is 7.84. The number of aromatic nitrogens is 2. The van der Waals surface area contributed by atoms with Gasteiger partial charge in [0, 0.05) is 18.6 Å². The zero-order valence-corrected chi connectivity index (χ0v) is 13.2. The number of hydrogen-bond donors (Lipinski definition) is 1. The van der Waals surface area contributed by atoms with Crippen molar-refractivity contribution in [2.24, 2.45) is 5.73 Å². The van der Waals surface area contributed by atoms with Crippen LogP contribution in [0.3, 0.4) is 0 Å². The summed E-state index contributed by atoms with van der Waals surface area (Å²) in [7, 11) is 1.66. The number of ether oxygens (including phenoxy) is 2. The molecular formula is C15H26N4O2. The summed E-state index contributed by atoms with van der Waals surface area (Å²) >= 11 is 0. The van der Waals surface area contributed by atoms with Crippen LogP contribution in [0.1, 0.15) is 44.5 Å². The molecule has 0 spiro atoms. The Morgan fingerprint density at radius 2 is 2.29 bits per heavy atom. The molecule has 3 unspecified atom stereocenters. The third-order valence-electron chi connectivity index (χ3n) is 4.64. The standard InChI is InChI=1S/C15H26N4O2/c1-10(2)19-15(12(20-3)7-17-19)14(16)13-8-18-6-4-5-11(18)9-21-13/h7,10-11,13-14H,4-6,8-9,16H2,1-3H3. The highest BCUT2D eigenvalue weighted by atomic mass is 16.5. The van der Waals surface area contributed by atoms with E-state index in [0.29, 0.717) is 6.04 Å². The summed E-state index contributed by atoms with van der Waals surface area (Å²) < 4.78 is 13.4. The van der Waals surface area contributed by atoms with Gasteiger partial charge in [0.25, 0.3) is 0 Å². The molecule has 118 valence electrons. The fourth-order valence-electron chi connectivity index (χ4n) is 3.48. The molecule has 0 amide bonds. The van der Waals surface area contributed by atoms with Crippen LogP contribution in [0.25, 0.3) is 0 Å². The minimum atomic E-state index is -0.216. The van der Waals surface area contributed by atoms with Crippen LogP contribution in [-0.2, 0) is 4.74 Å². The molecular weight excluding hydrogens is 268 g/mol. The first kappa shape index (κ1) is 14.8. The number of nitrogens with two attached hydrogens (primary N) is 1. The van der Waals surface area contributed by atoms with Crippen molar-refractivity contribution in [3.05, 3.63) is 11.9 Å². The van der Waals surface area contributed by atoms with E-state index in [0.717, 1.165) is 31.1 Å². The summed E-state index contributed by atoms with van der Waals surface area (Å²) in [6.07, 6.45) is 4.26. The Kier molecular flexibility index (Phi) is 4.19. The maximum absolute atomic E-state index is 6.52. The van der Waals surface area contributed by atoms with Crippen molar-refractivity contribution in [2.75, 3.05) is 26.8 Å². The van der Waals surface area contributed by atoms with Crippen molar-refractivity contribution in [3.8, 4) is 5.75 Å². The summed E-state index contributed by atoms with van der Waals surface area (Å²) in [5, 5.41) is 4.41. The maximum atomic E-state index is 6.52. The van der Waals surface area contributed by atoms with Crippen LogP contribution in [0.15, 0.2) is 6.20 Å². The number of fused-ring (bicyclic) bond motifs is 1. The number of methoxy groups -OCH3 is 1. The van der Waals surface area contributed by atoms with Gasteiger partial charge in [-0.25, -0.2) is 0 Å². The van der Waals surface area contributed by atoms with E-state index in [2.05, 4.69) is 23.8 Å². The molecule has 21 heavy (non-hydrogen) atoms. The predicted octanol–water partition coefficient (Wildman–Crippen LogP) is 1.34. The lowest BCUT2D eigenvalue weighted by Gasteiger charge is -2.38. The van der Waals surface area contributed by atoms with Crippen molar-refractivity contribution >= 4 is 0 Å². The lowest BCUT2D eigenvalue weighted by molar-refractivity contribution is -0.0610. The molecule has 3 rings (SSSR count). The molecule has 2 N–H and O–H groups in total. The molecule has 0 aromatic carbocycles. The molecule has 3 heterocycles. The van der Waals surface area contributed by atoms with Crippen molar-refractivity contribution in [2.45, 2.75) is 50.9 Å². The number of nitrogens with zero attached hydrogens (tertiary/aromatic N) is 3. The van der Waals surface area contributed by atoms with Gasteiger partial charge in [0.05, 0.1) is 32.1 Å². The summed E-state index contributed by atoms with van der Waals surface area (Å²) in [5.41, 5.74) is 7.46. The summed E-state index contributed by atoms with van der Waals surface area (Å²) in [4.78, 5) is 2.51. The Bertz CT molecular complexity index is 488. The smallest absolute Gasteiger partial charge is 0.161 e. The van der Waals surface area contributed by atoms with Crippen LogP contribution < -0.4 is 10.5 Å². The third-order valence-corrected chi connectivity index (χ3v) is 4.64. The van der Waals surface area contributed by atoms with Gasteiger partial charge < -0.3 is 15.2 Å². The van der Waals surface area contributed by atoms with E-state index < -0.39 is 0 Å². The minimum Gasteiger partial charge on any atom is -0.493 e. The van der Waals surface area contributed by atoms with Crippen molar-refractivity contribution < 1.29 is 9.47 Å². The summed E-state index contributed by atoms with van der Waals surface area (Å²) in [5.74, 6) is 0.753. The van der Waals surface area contributed by atoms with Gasteiger partial charge in [-0.15, -0.1) is 0 Å². The van der Waals surface area contributed by atoms with E-state index in [9.17, 15) is 0 Å². The highest BCUT2D eigenvalue weighted by Gasteiger charge is 2.37. The quantitative estimate of drug-likeness (QED) is 0.907. The van der Waals surface area contributed by atoms with Crippen molar-refractivity contribution in [3.63, 3.8) is 0 Å². The zero-order valence-electron chi connectivity index (χ0n) is 13.2. The Labute approximate surface area is 126 Å². The minimum absolute atomic E-state index is 0.00227. The van der Waals surface area contributed by atoms with Crippen molar-refractivity contribution in [1.29, 1.82) is 0 Å². The van der Waals surface area contributed by atoms with Gasteiger partial charge in [0.1, 0.15) is 5.69 Å². The van der Waals surface area contributed by atoms with Crippen LogP contribution in [0.2, 0.25) is 0 Å². The fraction of sp³-hybridized carbons (Fsp3) is 0.800. The number of hydrogen-bond acceptors (Lipinski definition) is 5. The second-order valence-corrected chi connectivity index (χ2v) is 6.33. The predicted molar refractivity (Wildman–Crippen MR) is 80.4 cm³/mol. The van der Waals surface area contributed by atoms with Crippen LogP contribution in [-0.4, -0.2) is 53.6 Å². The van der Waals surface area contributed by atoms with Crippen LogP contribution >= 0.6 is 0 Å². The van der Waals surface area contributed by atoms with Gasteiger partial charge in [-0.05, 0) is 33.2 Å². The van der Waals surface area contributed by atoms with E-state index in [-0.39, 0.29) is 18.2 Å². The molecule has 0 aliphatic carbocycles. The lowest BCUT2D eigenvalue weighted by Crippen LogP contribution is -2.50. The van der Waals surface area contributed by atoms with Crippen LogP contribution in [0.4, 0.5) is 0 Å². The highest BCUT2D eigenvalue weighted by Crippen LogP contribution is 2.32. The molecule has 2 aliphatic heterocycles. The van der Waals surface area contributed by atoms with Crippen LogP contribution in [0.5, 0.6) is 5.75 Å². The molecule has 0 bridgehead atoms. The molecule has 0 radical (unpaired) electrons. The molecule has 2 saturated heterocycles. The van der Waals surface area contributed by atoms with Crippen molar-refractivity contribution in [1.82, 2.24) is 14.7 Å². The Balaban J connectivity index is 1.81. The van der Waals surface area contributed by atoms with Gasteiger partial charge in [-0.1, -0.05) is 0 Å².